The van der Waals surface area contributed by atoms with Gasteiger partial charge in [-0.3, -0.25) is 9.35 Å². The Labute approximate surface area is 167 Å². The van der Waals surface area contributed by atoms with Gasteiger partial charge in [-0.1, -0.05) is 56.3 Å². The molecule has 0 radical (unpaired) electrons. The summed E-state index contributed by atoms with van der Waals surface area (Å²) in [7, 11) is -2.79. The molecule has 3 unspecified atom stereocenters. The predicted molar refractivity (Wildman–Crippen MR) is 109 cm³/mol. The summed E-state index contributed by atoms with van der Waals surface area (Å²) in [5, 5.41) is 0. The molecule has 2 aromatic carbocycles. The van der Waals surface area contributed by atoms with Crippen molar-refractivity contribution in [3.8, 4) is 0 Å². The second-order valence-electron chi connectivity index (χ2n) is 7.15. The van der Waals surface area contributed by atoms with E-state index in [1.54, 1.807) is 12.1 Å². The Morgan fingerprint density at radius 1 is 0.964 bits per heavy atom. The first-order valence-corrected chi connectivity index (χ1v) is 10.9. The van der Waals surface area contributed by atoms with Crippen LogP contribution in [0, 0.1) is 5.92 Å². The Kier molecular flexibility index (Phi) is 7.78. The zero-order valence-electron chi connectivity index (χ0n) is 16.5. The maximum absolute atomic E-state index is 11.9. The van der Waals surface area contributed by atoms with Gasteiger partial charge in [-0.25, -0.2) is 0 Å². The van der Waals surface area contributed by atoms with Crippen molar-refractivity contribution >= 4 is 16.1 Å². The minimum Gasteiger partial charge on any atom is -0.469 e. The van der Waals surface area contributed by atoms with Crippen LogP contribution in [-0.4, -0.2) is 26.0 Å². The summed E-state index contributed by atoms with van der Waals surface area (Å²) >= 11 is 0. The van der Waals surface area contributed by atoms with Crippen molar-refractivity contribution in [2.24, 2.45) is 5.92 Å². The fraction of sp³-hybridized carbons (Fsp3) is 0.409. The number of hydrogen-bond acceptors (Lipinski definition) is 4. The first-order valence-electron chi connectivity index (χ1n) is 9.46. The smallest absolute Gasteiger partial charge is 0.308 e. The predicted octanol–water partition coefficient (Wildman–Crippen LogP) is 4.80. The molecular formula is C22H28O5S. The van der Waals surface area contributed by atoms with Crippen LogP contribution in [0.15, 0.2) is 59.5 Å². The Balaban J connectivity index is 2.26. The van der Waals surface area contributed by atoms with Crippen LogP contribution in [0.5, 0.6) is 0 Å². The zero-order valence-corrected chi connectivity index (χ0v) is 17.4. The van der Waals surface area contributed by atoms with Gasteiger partial charge < -0.3 is 4.74 Å². The van der Waals surface area contributed by atoms with Crippen molar-refractivity contribution in [3.63, 3.8) is 0 Å². The molecule has 0 amide bonds. The van der Waals surface area contributed by atoms with Crippen molar-refractivity contribution in [2.45, 2.75) is 49.8 Å². The van der Waals surface area contributed by atoms with E-state index in [9.17, 15) is 17.8 Å². The molecule has 0 saturated carbocycles. The van der Waals surface area contributed by atoms with Crippen LogP contribution in [0.3, 0.4) is 0 Å². The molecule has 0 spiro atoms. The quantitative estimate of drug-likeness (QED) is 0.480. The lowest BCUT2D eigenvalue weighted by molar-refractivity contribution is -0.145. The Morgan fingerprint density at radius 2 is 1.54 bits per heavy atom. The van der Waals surface area contributed by atoms with E-state index in [1.165, 1.54) is 24.8 Å². The molecule has 5 nitrogen and oxygen atoms in total. The van der Waals surface area contributed by atoms with Crippen LogP contribution in [0.2, 0.25) is 0 Å². The lowest BCUT2D eigenvalue weighted by atomic mass is 9.79. The number of carbonyl (C=O) groups excluding carboxylic acids is 1. The van der Waals surface area contributed by atoms with E-state index in [4.69, 9.17) is 4.74 Å². The minimum absolute atomic E-state index is 0.106. The standard InChI is InChI=1S/C22H28O5S/c1-4-17(19-10-12-21(13-11-19)28(24,25)26)15-20(14-16(2)22(23)27-3)18-8-6-5-7-9-18/h5-13,16-17,20H,4,14-15H2,1-3H3,(H,24,25,26). The van der Waals surface area contributed by atoms with Crippen LogP contribution in [0.1, 0.15) is 56.1 Å². The van der Waals surface area contributed by atoms with Gasteiger partial charge >= 0.3 is 5.97 Å². The van der Waals surface area contributed by atoms with E-state index in [-0.39, 0.29) is 28.6 Å². The van der Waals surface area contributed by atoms with Crippen molar-refractivity contribution < 1.29 is 22.5 Å². The van der Waals surface area contributed by atoms with Crippen molar-refractivity contribution in [3.05, 3.63) is 65.7 Å². The molecule has 0 aliphatic rings. The van der Waals surface area contributed by atoms with Crippen LogP contribution in [0.25, 0.3) is 0 Å². The van der Waals surface area contributed by atoms with E-state index < -0.39 is 10.1 Å². The minimum atomic E-state index is -4.20. The molecule has 1 N–H and O–H groups in total. The van der Waals surface area contributed by atoms with Gasteiger partial charge in [0.25, 0.3) is 10.1 Å². The second-order valence-corrected chi connectivity index (χ2v) is 8.57. The molecule has 3 atom stereocenters. The maximum Gasteiger partial charge on any atom is 0.308 e. The second kappa shape index (κ2) is 9.85. The monoisotopic (exact) mass is 404 g/mol. The van der Waals surface area contributed by atoms with Crippen LogP contribution < -0.4 is 0 Å². The molecule has 0 aliphatic carbocycles. The van der Waals surface area contributed by atoms with Gasteiger partial charge in [0.15, 0.2) is 0 Å². The van der Waals surface area contributed by atoms with Gasteiger partial charge in [0.1, 0.15) is 0 Å². The SMILES string of the molecule is CCC(CC(CC(C)C(=O)OC)c1ccccc1)c1ccc(S(=O)(=O)O)cc1. The van der Waals surface area contributed by atoms with Gasteiger partial charge in [0, 0.05) is 0 Å². The average molecular weight is 405 g/mol. The highest BCUT2D eigenvalue weighted by atomic mass is 32.2. The van der Waals surface area contributed by atoms with Gasteiger partial charge in [0.05, 0.1) is 17.9 Å². The van der Waals surface area contributed by atoms with E-state index in [0.29, 0.717) is 6.42 Å². The molecule has 0 aromatic heterocycles. The zero-order chi connectivity index (χ0) is 20.7. The summed E-state index contributed by atoms with van der Waals surface area (Å²) in [6.45, 7) is 3.97. The topological polar surface area (TPSA) is 80.7 Å². The van der Waals surface area contributed by atoms with E-state index >= 15 is 0 Å². The van der Waals surface area contributed by atoms with E-state index in [2.05, 4.69) is 19.1 Å². The molecule has 2 aromatic rings. The summed E-state index contributed by atoms with van der Waals surface area (Å²) in [6.07, 6.45) is 2.38. The van der Waals surface area contributed by atoms with Gasteiger partial charge in [-0.05, 0) is 54.4 Å². The average Bonchev–Trinajstić information content (AvgIpc) is 2.70. The number of ether oxygens (including phenoxy) is 1. The highest BCUT2D eigenvalue weighted by Crippen LogP contribution is 2.36. The molecule has 0 heterocycles. The lowest BCUT2D eigenvalue weighted by Crippen LogP contribution is -2.17. The Bertz CT molecular complexity index is 860. The molecule has 2 rings (SSSR count). The lowest BCUT2D eigenvalue weighted by Gasteiger charge is -2.25. The van der Waals surface area contributed by atoms with Crippen molar-refractivity contribution in [1.29, 1.82) is 0 Å². The molecule has 0 aliphatic heterocycles. The van der Waals surface area contributed by atoms with E-state index in [0.717, 1.165) is 18.4 Å². The largest absolute Gasteiger partial charge is 0.469 e. The van der Waals surface area contributed by atoms with Crippen molar-refractivity contribution in [2.75, 3.05) is 7.11 Å². The van der Waals surface area contributed by atoms with Gasteiger partial charge in [-0.2, -0.15) is 8.42 Å². The number of rotatable bonds is 9. The molecule has 0 bridgehead atoms. The number of esters is 1. The fourth-order valence-corrected chi connectivity index (χ4v) is 4.09. The summed E-state index contributed by atoms with van der Waals surface area (Å²) < 4.78 is 36.6. The fourth-order valence-electron chi connectivity index (χ4n) is 3.61. The first-order chi connectivity index (χ1) is 13.3. The van der Waals surface area contributed by atoms with Crippen LogP contribution >= 0.6 is 0 Å². The first kappa shape index (κ1) is 22.1. The maximum atomic E-state index is 11.9. The molecule has 0 fully saturated rings. The summed E-state index contributed by atoms with van der Waals surface area (Å²) in [4.78, 5) is 11.8. The Hall–Kier alpha value is -2.18. The van der Waals surface area contributed by atoms with Crippen LogP contribution in [0.4, 0.5) is 0 Å². The van der Waals surface area contributed by atoms with Crippen LogP contribution in [-0.2, 0) is 19.6 Å². The highest BCUT2D eigenvalue weighted by Gasteiger charge is 2.24. The van der Waals surface area contributed by atoms with Crippen molar-refractivity contribution in [1.82, 2.24) is 0 Å². The van der Waals surface area contributed by atoms with E-state index in [1.807, 2.05) is 25.1 Å². The molecular weight excluding hydrogens is 376 g/mol. The van der Waals surface area contributed by atoms with Gasteiger partial charge in [0.2, 0.25) is 0 Å². The third-order valence-electron chi connectivity index (χ3n) is 5.22. The highest BCUT2D eigenvalue weighted by molar-refractivity contribution is 7.85. The number of carbonyl (C=O) groups is 1. The molecule has 6 heteroatoms. The number of hydrogen-bond donors (Lipinski definition) is 1. The third-order valence-corrected chi connectivity index (χ3v) is 6.09. The summed E-state index contributed by atoms with van der Waals surface area (Å²) in [5.74, 6) is -0.0619. The molecule has 28 heavy (non-hydrogen) atoms. The normalized spacial score (nSPS) is 14.9. The molecule has 152 valence electrons. The Morgan fingerprint density at radius 3 is 2.04 bits per heavy atom. The summed E-state index contributed by atoms with van der Waals surface area (Å²) in [6, 6.07) is 16.5. The number of benzene rings is 2. The van der Waals surface area contributed by atoms with Gasteiger partial charge in [-0.15, -0.1) is 0 Å². The number of methoxy groups -OCH3 is 1. The third kappa shape index (κ3) is 5.91. The molecule has 0 saturated heterocycles. The summed E-state index contributed by atoms with van der Waals surface area (Å²) in [5.41, 5.74) is 2.19.